The summed E-state index contributed by atoms with van der Waals surface area (Å²) in [7, 11) is 0. The molecule has 10 aromatic carbocycles. The Kier molecular flexibility index (Phi) is 9.60. The van der Waals surface area contributed by atoms with Crippen LogP contribution in [-0.4, -0.2) is 4.57 Å². The highest BCUT2D eigenvalue weighted by molar-refractivity contribution is 6.11. The minimum atomic E-state index is 0.567. The van der Waals surface area contributed by atoms with E-state index in [0.29, 0.717) is 5.92 Å². The fourth-order valence-electron chi connectivity index (χ4n) is 11.2. The van der Waals surface area contributed by atoms with Crippen molar-refractivity contribution in [1.29, 1.82) is 0 Å². The van der Waals surface area contributed by atoms with Gasteiger partial charge in [-0.2, -0.15) is 0 Å². The smallest absolute Gasteiger partial charge is 0.136 e. The molecule has 0 saturated heterocycles. The minimum Gasteiger partial charge on any atom is -0.456 e. The molecule has 0 amide bonds. The lowest BCUT2D eigenvalue weighted by Gasteiger charge is -2.30. The van der Waals surface area contributed by atoms with Crippen molar-refractivity contribution in [3.05, 3.63) is 230 Å². The Hall–Kier alpha value is -8.14. The molecule has 0 N–H and O–H groups in total. The molecule has 1 saturated carbocycles. The van der Waals surface area contributed by atoms with Crippen molar-refractivity contribution in [2.75, 3.05) is 4.90 Å². The van der Waals surface area contributed by atoms with Gasteiger partial charge >= 0.3 is 0 Å². The quantitative estimate of drug-likeness (QED) is 0.152. The summed E-state index contributed by atoms with van der Waals surface area (Å²) in [4.78, 5) is 2.48. The highest BCUT2D eigenvalue weighted by Gasteiger charge is 2.24. The molecular weight excluding hydrogens is 813 g/mol. The van der Waals surface area contributed by atoms with E-state index in [1.54, 1.807) is 0 Å². The van der Waals surface area contributed by atoms with E-state index in [1.165, 1.54) is 86.9 Å². The van der Waals surface area contributed by atoms with Gasteiger partial charge in [0.2, 0.25) is 0 Å². The summed E-state index contributed by atoms with van der Waals surface area (Å²) >= 11 is 0. The molecule has 3 nitrogen and oxygen atoms in total. The maximum atomic E-state index is 6.40. The molecule has 0 spiro atoms. The molecule has 0 aliphatic heterocycles. The Balaban J connectivity index is 1.00. The van der Waals surface area contributed by atoms with Gasteiger partial charge in [-0.25, -0.2) is 0 Å². The summed E-state index contributed by atoms with van der Waals surface area (Å²) in [6.07, 6.45) is 6.42. The fourth-order valence-corrected chi connectivity index (χ4v) is 11.2. The largest absolute Gasteiger partial charge is 0.456 e. The zero-order chi connectivity index (χ0) is 44.3. The molecule has 0 atom stereocenters. The highest BCUT2D eigenvalue weighted by Crippen LogP contribution is 2.47. The average Bonchev–Trinajstić information content (AvgIpc) is 3.94. The number of benzene rings is 10. The Morgan fingerprint density at radius 2 is 1.00 bits per heavy atom. The van der Waals surface area contributed by atoms with Crippen molar-refractivity contribution in [2.45, 2.75) is 38.0 Å². The SMILES string of the molecule is c1ccc(-n2c3ccccc3c3ccc(-c4cccc(N(c5cccc(-c6ccc7c(c6)oc6ccccc67)c5)c5ccccc5-c5cccc6cccc(C7CCCCC7)c56)c4)cc32)cc1. The standard InChI is InChI=1S/C64H48N2O/c1-3-17-43(18-4-1)52-30-15-19-44-20-16-31-58(64(44)52)54-28-8-10-32-59(54)65(51-26-14-22-46(40-51)48-36-38-57-56-29-9-12-34-62(56)67-63(57)42-48)50-25-13-21-45(39-50)47-35-37-55-53-27-7-11-33-60(53)66(61(55)41-47)49-23-5-2-6-24-49/h2,5-16,19-43H,1,3-4,17-18H2. The number of fused-ring (bicyclic) bond motifs is 7. The van der Waals surface area contributed by atoms with Crippen LogP contribution in [0, 0.1) is 0 Å². The van der Waals surface area contributed by atoms with Gasteiger partial charge in [0.05, 0.1) is 16.7 Å². The molecule has 0 unspecified atom stereocenters. The Morgan fingerprint density at radius 1 is 0.403 bits per heavy atom. The zero-order valence-electron chi connectivity index (χ0n) is 37.3. The number of rotatable bonds is 8. The molecule has 1 fully saturated rings. The number of aromatic nitrogens is 1. The van der Waals surface area contributed by atoms with Crippen molar-refractivity contribution < 1.29 is 4.42 Å². The van der Waals surface area contributed by atoms with E-state index in [-0.39, 0.29) is 0 Å². The first-order chi connectivity index (χ1) is 33.2. The zero-order valence-corrected chi connectivity index (χ0v) is 37.3. The third kappa shape index (κ3) is 6.81. The van der Waals surface area contributed by atoms with E-state index >= 15 is 0 Å². The van der Waals surface area contributed by atoms with Crippen LogP contribution in [0.15, 0.2) is 229 Å². The average molecular weight is 861 g/mol. The Labute approximate surface area is 390 Å². The second kappa shape index (κ2) is 16.4. The Bertz CT molecular complexity index is 3810. The first-order valence-electron chi connectivity index (χ1n) is 23.9. The molecule has 2 heterocycles. The summed E-state index contributed by atoms with van der Waals surface area (Å²) < 4.78 is 8.81. The summed E-state index contributed by atoms with van der Waals surface area (Å²) in [5.74, 6) is 0.567. The molecule has 1 aliphatic rings. The number of furan rings is 1. The molecule has 0 radical (unpaired) electrons. The van der Waals surface area contributed by atoms with Gasteiger partial charge in [-0.3, -0.25) is 0 Å². The van der Waals surface area contributed by atoms with Gasteiger partial charge in [-0.15, -0.1) is 0 Å². The van der Waals surface area contributed by atoms with Crippen LogP contribution in [0.4, 0.5) is 17.1 Å². The molecule has 3 heteroatoms. The first kappa shape index (κ1) is 39.2. The fraction of sp³-hybridized carbons (Fsp3) is 0.0938. The van der Waals surface area contributed by atoms with E-state index < -0.39 is 0 Å². The normalized spacial score (nSPS) is 13.3. The van der Waals surface area contributed by atoms with Gasteiger partial charge in [0.1, 0.15) is 11.2 Å². The molecular formula is C64H48N2O. The molecule has 320 valence electrons. The van der Waals surface area contributed by atoms with E-state index in [2.05, 4.69) is 222 Å². The van der Waals surface area contributed by atoms with Crippen LogP contribution in [0.25, 0.3) is 93.6 Å². The molecule has 1 aliphatic carbocycles. The van der Waals surface area contributed by atoms with Crippen molar-refractivity contribution >= 4 is 71.6 Å². The molecule has 67 heavy (non-hydrogen) atoms. The first-order valence-corrected chi connectivity index (χ1v) is 23.9. The Morgan fingerprint density at radius 3 is 1.81 bits per heavy atom. The van der Waals surface area contributed by atoms with E-state index in [9.17, 15) is 0 Å². The number of nitrogens with zero attached hydrogens (tertiary/aromatic N) is 2. The molecule has 0 bridgehead atoms. The molecule has 13 rings (SSSR count). The lowest BCUT2D eigenvalue weighted by atomic mass is 9.80. The van der Waals surface area contributed by atoms with Crippen molar-refractivity contribution in [3.8, 4) is 39.1 Å². The van der Waals surface area contributed by atoms with Crippen LogP contribution < -0.4 is 4.90 Å². The number of para-hydroxylation sites is 4. The summed E-state index contributed by atoms with van der Waals surface area (Å²) in [6, 6.07) is 82.4. The van der Waals surface area contributed by atoms with Crippen molar-refractivity contribution in [1.82, 2.24) is 4.57 Å². The van der Waals surface area contributed by atoms with Gasteiger partial charge in [-0.1, -0.05) is 171 Å². The van der Waals surface area contributed by atoms with Gasteiger partial charge in [-0.05, 0) is 136 Å². The monoisotopic (exact) mass is 860 g/mol. The summed E-state index contributed by atoms with van der Waals surface area (Å²) in [5.41, 5.74) is 17.2. The highest BCUT2D eigenvalue weighted by atomic mass is 16.3. The lowest BCUT2D eigenvalue weighted by molar-refractivity contribution is 0.445. The van der Waals surface area contributed by atoms with Crippen LogP contribution in [0.5, 0.6) is 0 Å². The number of anilines is 3. The van der Waals surface area contributed by atoms with E-state index in [1.807, 2.05) is 12.1 Å². The summed E-state index contributed by atoms with van der Waals surface area (Å²) in [6.45, 7) is 0. The van der Waals surface area contributed by atoms with E-state index in [4.69, 9.17) is 4.42 Å². The third-order valence-electron chi connectivity index (χ3n) is 14.4. The van der Waals surface area contributed by atoms with Crippen LogP contribution in [0.1, 0.15) is 43.6 Å². The molecule has 2 aromatic heterocycles. The van der Waals surface area contributed by atoms with Gasteiger partial charge in [0.25, 0.3) is 0 Å². The molecule has 12 aromatic rings. The lowest BCUT2D eigenvalue weighted by Crippen LogP contribution is -2.12. The predicted octanol–water partition coefficient (Wildman–Crippen LogP) is 18.4. The minimum absolute atomic E-state index is 0.567. The summed E-state index contributed by atoms with van der Waals surface area (Å²) in [5, 5.41) is 7.46. The van der Waals surface area contributed by atoms with Gasteiger partial charge < -0.3 is 13.9 Å². The topological polar surface area (TPSA) is 21.3 Å². The maximum Gasteiger partial charge on any atom is 0.136 e. The maximum absolute atomic E-state index is 6.40. The number of hydrogen-bond acceptors (Lipinski definition) is 2. The third-order valence-corrected chi connectivity index (χ3v) is 14.4. The van der Waals surface area contributed by atoms with E-state index in [0.717, 1.165) is 61.4 Å². The number of hydrogen-bond donors (Lipinski definition) is 0. The van der Waals surface area contributed by atoms with Crippen LogP contribution >= 0.6 is 0 Å². The van der Waals surface area contributed by atoms with Crippen molar-refractivity contribution in [2.24, 2.45) is 0 Å². The van der Waals surface area contributed by atoms with Crippen LogP contribution in [0.3, 0.4) is 0 Å². The van der Waals surface area contributed by atoms with Crippen LogP contribution in [-0.2, 0) is 0 Å². The second-order valence-electron chi connectivity index (χ2n) is 18.3. The van der Waals surface area contributed by atoms with Crippen molar-refractivity contribution in [3.63, 3.8) is 0 Å². The van der Waals surface area contributed by atoms with Gasteiger partial charge in [0, 0.05) is 44.2 Å². The van der Waals surface area contributed by atoms with Gasteiger partial charge in [0.15, 0.2) is 0 Å². The predicted molar refractivity (Wildman–Crippen MR) is 282 cm³/mol. The second-order valence-corrected chi connectivity index (χ2v) is 18.3. The van der Waals surface area contributed by atoms with Crippen LogP contribution in [0.2, 0.25) is 0 Å².